The van der Waals surface area contributed by atoms with Crippen LogP contribution in [-0.4, -0.2) is 35.1 Å². The van der Waals surface area contributed by atoms with E-state index in [1.807, 2.05) is 31.2 Å². The average Bonchev–Trinajstić information content (AvgIpc) is 3.09. The van der Waals surface area contributed by atoms with Crippen molar-refractivity contribution < 1.29 is 14.3 Å². The third kappa shape index (κ3) is 3.94. The predicted octanol–water partition coefficient (Wildman–Crippen LogP) is 3.74. The minimum absolute atomic E-state index is 0.257. The Kier molecular flexibility index (Phi) is 5.84. The molecule has 0 aliphatic heterocycles. The van der Waals surface area contributed by atoms with Crippen LogP contribution in [0.3, 0.4) is 0 Å². The SMILES string of the molecule is COc1ccc([C@H](C)NC(=O)c2nnn(-c3ccc(Cl)cc3)c2C)cc1OC. The maximum Gasteiger partial charge on any atom is 0.274 e. The lowest BCUT2D eigenvalue weighted by atomic mass is 10.1. The average molecular weight is 401 g/mol. The zero-order valence-electron chi connectivity index (χ0n) is 16.1. The summed E-state index contributed by atoms with van der Waals surface area (Å²) in [5, 5.41) is 11.7. The first kappa shape index (κ1) is 19.7. The highest BCUT2D eigenvalue weighted by Gasteiger charge is 2.20. The topological polar surface area (TPSA) is 78.3 Å². The van der Waals surface area contributed by atoms with Gasteiger partial charge in [-0.3, -0.25) is 4.79 Å². The van der Waals surface area contributed by atoms with E-state index in [0.29, 0.717) is 22.2 Å². The Morgan fingerprint density at radius 1 is 1.11 bits per heavy atom. The van der Waals surface area contributed by atoms with Crippen LogP contribution in [0.25, 0.3) is 5.69 Å². The van der Waals surface area contributed by atoms with Crippen molar-refractivity contribution in [1.29, 1.82) is 0 Å². The summed E-state index contributed by atoms with van der Waals surface area (Å²) in [5.41, 5.74) is 2.57. The highest BCUT2D eigenvalue weighted by atomic mass is 35.5. The van der Waals surface area contributed by atoms with Crippen LogP contribution in [0, 0.1) is 6.92 Å². The lowest BCUT2D eigenvalue weighted by molar-refractivity contribution is 0.0934. The van der Waals surface area contributed by atoms with Gasteiger partial charge in [-0.2, -0.15) is 0 Å². The Bertz CT molecular complexity index is 986. The molecular weight excluding hydrogens is 380 g/mol. The number of halogens is 1. The van der Waals surface area contributed by atoms with Crippen LogP contribution < -0.4 is 14.8 Å². The Hall–Kier alpha value is -3.06. The molecule has 146 valence electrons. The molecule has 1 atom stereocenters. The quantitative estimate of drug-likeness (QED) is 0.682. The van der Waals surface area contributed by atoms with Crippen LogP contribution in [0.4, 0.5) is 0 Å². The summed E-state index contributed by atoms with van der Waals surface area (Å²) < 4.78 is 12.2. The number of benzene rings is 2. The summed E-state index contributed by atoms with van der Waals surface area (Å²) in [6.07, 6.45) is 0. The second kappa shape index (κ2) is 8.31. The zero-order valence-corrected chi connectivity index (χ0v) is 16.8. The van der Waals surface area contributed by atoms with Gasteiger partial charge in [-0.1, -0.05) is 22.9 Å². The van der Waals surface area contributed by atoms with Gasteiger partial charge in [0.05, 0.1) is 31.6 Å². The molecule has 7 nitrogen and oxygen atoms in total. The molecule has 0 radical (unpaired) electrons. The van der Waals surface area contributed by atoms with E-state index in [9.17, 15) is 4.79 Å². The third-order valence-corrected chi connectivity index (χ3v) is 4.69. The second-order valence-corrected chi connectivity index (χ2v) is 6.66. The Labute approximate surface area is 168 Å². The van der Waals surface area contributed by atoms with Crippen molar-refractivity contribution in [2.75, 3.05) is 14.2 Å². The van der Waals surface area contributed by atoms with Crippen LogP contribution in [0.1, 0.15) is 34.7 Å². The summed E-state index contributed by atoms with van der Waals surface area (Å²) in [5.74, 6) is 0.928. The van der Waals surface area contributed by atoms with Gasteiger partial charge in [0.15, 0.2) is 17.2 Å². The van der Waals surface area contributed by atoms with Crippen molar-refractivity contribution in [3.63, 3.8) is 0 Å². The molecule has 3 aromatic rings. The minimum atomic E-state index is -0.306. The van der Waals surface area contributed by atoms with Gasteiger partial charge in [0.1, 0.15) is 0 Å². The highest BCUT2D eigenvalue weighted by molar-refractivity contribution is 6.30. The predicted molar refractivity (Wildman–Crippen MR) is 107 cm³/mol. The molecule has 0 saturated heterocycles. The van der Waals surface area contributed by atoms with Crippen LogP contribution in [0.2, 0.25) is 5.02 Å². The summed E-state index contributed by atoms with van der Waals surface area (Å²) in [4.78, 5) is 12.7. The number of rotatable bonds is 6. The molecule has 1 heterocycles. The number of nitrogens with zero attached hydrogens (tertiary/aromatic N) is 3. The monoisotopic (exact) mass is 400 g/mol. The first-order valence-corrected chi connectivity index (χ1v) is 9.03. The van der Waals surface area contributed by atoms with Crippen LogP contribution in [-0.2, 0) is 0 Å². The van der Waals surface area contributed by atoms with E-state index < -0.39 is 0 Å². The number of aromatic nitrogens is 3. The van der Waals surface area contributed by atoms with E-state index >= 15 is 0 Å². The Morgan fingerprint density at radius 2 is 1.79 bits per heavy atom. The molecule has 0 aliphatic rings. The number of carbonyl (C=O) groups is 1. The molecule has 8 heteroatoms. The smallest absolute Gasteiger partial charge is 0.274 e. The van der Waals surface area contributed by atoms with E-state index in [0.717, 1.165) is 11.3 Å². The molecule has 0 fully saturated rings. The lowest BCUT2D eigenvalue weighted by Gasteiger charge is -2.16. The molecule has 1 amide bonds. The molecule has 0 aliphatic carbocycles. The molecule has 0 unspecified atom stereocenters. The first-order valence-electron chi connectivity index (χ1n) is 8.65. The maximum atomic E-state index is 12.7. The van der Waals surface area contributed by atoms with Gasteiger partial charge in [0.2, 0.25) is 0 Å². The second-order valence-electron chi connectivity index (χ2n) is 6.22. The van der Waals surface area contributed by atoms with Gasteiger partial charge in [-0.25, -0.2) is 4.68 Å². The summed E-state index contributed by atoms with van der Waals surface area (Å²) in [7, 11) is 3.15. The molecule has 0 saturated carbocycles. The summed E-state index contributed by atoms with van der Waals surface area (Å²) in [6, 6.07) is 12.4. The van der Waals surface area contributed by atoms with E-state index in [4.69, 9.17) is 21.1 Å². The summed E-state index contributed by atoms with van der Waals surface area (Å²) >= 11 is 5.92. The molecular formula is C20H21ClN4O3. The van der Waals surface area contributed by atoms with Crippen LogP contribution in [0.15, 0.2) is 42.5 Å². The van der Waals surface area contributed by atoms with Crippen LogP contribution in [0.5, 0.6) is 11.5 Å². The fourth-order valence-electron chi connectivity index (χ4n) is 2.84. The fraction of sp³-hybridized carbons (Fsp3) is 0.250. The molecule has 28 heavy (non-hydrogen) atoms. The normalized spacial score (nSPS) is 11.8. The number of hydrogen-bond acceptors (Lipinski definition) is 5. The van der Waals surface area contributed by atoms with Crippen molar-refractivity contribution in [2.45, 2.75) is 19.9 Å². The van der Waals surface area contributed by atoms with Gasteiger partial charge < -0.3 is 14.8 Å². The van der Waals surface area contributed by atoms with E-state index in [1.54, 1.807) is 44.0 Å². The number of ether oxygens (including phenoxy) is 2. The standard InChI is InChI=1S/C20H21ClN4O3/c1-12(14-5-10-17(27-3)18(11-14)28-4)22-20(26)19-13(2)25(24-23-19)16-8-6-15(21)7-9-16/h5-12H,1-4H3,(H,22,26)/t12-/m0/s1. The van der Waals surface area contributed by atoms with Gasteiger partial charge >= 0.3 is 0 Å². The Balaban J connectivity index is 1.79. The minimum Gasteiger partial charge on any atom is -0.493 e. The molecule has 2 aromatic carbocycles. The molecule has 1 N–H and O–H groups in total. The van der Waals surface area contributed by atoms with Crippen molar-refractivity contribution in [2.24, 2.45) is 0 Å². The van der Waals surface area contributed by atoms with Crippen LogP contribution >= 0.6 is 11.6 Å². The number of carbonyl (C=O) groups excluding carboxylic acids is 1. The number of hydrogen-bond donors (Lipinski definition) is 1. The first-order chi connectivity index (χ1) is 13.4. The highest BCUT2D eigenvalue weighted by Crippen LogP contribution is 2.30. The van der Waals surface area contributed by atoms with Crippen molar-refractivity contribution in [1.82, 2.24) is 20.3 Å². The van der Waals surface area contributed by atoms with Crippen molar-refractivity contribution in [3.05, 3.63) is 64.4 Å². The lowest BCUT2D eigenvalue weighted by Crippen LogP contribution is -2.27. The largest absolute Gasteiger partial charge is 0.493 e. The fourth-order valence-corrected chi connectivity index (χ4v) is 2.96. The molecule has 3 rings (SSSR count). The van der Waals surface area contributed by atoms with Crippen molar-refractivity contribution in [3.8, 4) is 17.2 Å². The number of methoxy groups -OCH3 is 2. The maximum absolute atomic E-state index is 12.7. The van der Waals surface area contributed by atoms with E-state index in [-0.39, 0.29) is 17.6 Å². The number of amides is 1. The van der Waals surface area contributed by atoms with Gasteiger partial charge in [0, 0.05) is 5.02 Å². The zero-order chi connectivity index (χ0) is 20.3. The van der Waals surface area contributed by atoms with E-state index in [2.05, 4.69) is 15.6 Å². The molecule has 0 spiro atoms. The van der Waals surface area contributed by atoms with Crippen molar-refractivity contribution >= 4 is 17.5 Å². The van der Waals surface area contributed by atoms with Gasteiger partial charge in [-0.05, 0) is 55.8 Å². The van der Waals surface area contributed by atoms with Gasteiger partial charge in [0.25, 0.3) is 5.91 Å². The third-order valence-electron chi connectivity index (χ3n) is 4.44. The van der Waals surface area contributed by atoms with Gasteiger partial charge in [-0.15, -0.1) is 5.10 Å². The van der Waals surface area contributed by atoms with E-state index in [1.165, 1.54) is 0 Å². The molecule has 1 aromatic heterocycles. The summed E-state index contributed by atoms with van der Waals surface area (Å²) in [6.45, 7) is 3.68. The number of nitrogens with one attached hydrogen (secondary N) is 1. The Morgan fingerprint density at radius 3 is 2.43 bits per heavy atom. The molecule has 0 bridgehead atoms.